The summed E-state index contributed by atoms with van der Waals surface area (Å²) in [4.78, 5) is 13.3. The van der Waals surface area contributed by atoms with Crippen molar-refractivity contribution in [3.8, 4) is 0 Å². The van der Waals surface area contributed by atoms with E-state index in [0.29, 0.717) is 30.1 Å². The molecule has 1 aromatic carbocycles. The zero-order valence-electron chi connectivity index (χ0n) is 10.6. The number of carbonyl (C=O) groups is 1. The molecule has 0 saturated carbocycles. The van der Waals surface area contributed by atoms with E-state index in [0.717, 1.165) is 0 Å². The number of nitrogens with zero attached hydrogens (tertiary/aromatic N) is 1. The van der Waals surface area contributed by atoms with Gasteiger partial charge in [0.2, 0.25) is 5.91 Å². The minimum Gasteiger partial charge on any atom is -0.380 e. The fourth-order valence-electron chi connectivity index (χ4n) is 2.44. The van der Waals surface area contributed by atoms with Gasteiger partial charge in [0.25, 0.3) is 0 Å². The van der Waals surface area contributed by atoms with Crippen molar-refractivity contribution >= 4 is 17.5 Å². The normalized spacial score (nSPS) is 23.7. The molecule has 1 amide bonds. The summed E-state index contributed by atoms with van der Waals surface area (Å²) in [6.07, 6.45) is 0.538. The van der Waals surface area contributed by atoms with Gasteiger partial charge in [0.1, 0.15) is 5.82 Å². The average molecular weight is 287 g/mol. The van der Waals surface area contributed by atoms with Crippen molar-refractivity contribution in [1.82, 2.24) is 4.90 Å². The van der Waals surface area contributed by atoms with Gasteiger partial charge < -0.3 is 10.5 Å². The van der Waals surface area contributed by atoms with E-state index < -0.39 is 0 Å². The van der Waals surface area contributed by atoms with Crippen molar-refractivity contribution in [2.24, 2.45) is 5.73 Å². The van der Waals surface area contributed by atoms with E-state index in [1.54, 1.807) is 13.2 Å². The lowest BCUT2D eigenvalue weighted by molar-refractivity contribution is -0.122. The van der Waals surface area contributed by atoms with E-state index in [1.165, 1.54) is 12.1 Å². The summed E-state index contributed by atoms with van der Waals surface area (Å²) < 4.78 is 18.5. The van der Waals surface area contributed by atoms with Gasteiger partial charge in [-0.3, -0.25) is 9.69 Å². The molecular weight excluding hydrogens is 271 g/mol. The summed E-state index contributed by atoms with van der Waals surface area (Å²) in [6, 6.07) is 3.96. The van der Waals surface area contributed by atoms with Crippen molar-refractivity contribution in [2.45, 2.75) is 25.1 Å². The fraction of sp³-hybridized carbons (Fsp3) is 0.462. The Kier molecular flexibility index (Phi) is 4.39. The number of rotatable bonds is 4. The van der Waals surface area contributed by atoms with Crippen LogP contribution in [0.5, 0.6) is 0 Å². The van der Waals surface area contributed by atoms with Crippen LogP contribution in [0.2, 0.25) is 5.02 Å². The van der Waals surface area contributed by atoms with Crippen LogP contribution in [-0.4, -0.2) is 36.6 Å². The van der Waals surface area contributed by atoms with Crippen molar-refractivity contribution in [3.05, 3.63) is 34.6 Å². The maximum atomic E-state index is 13.3. The number of nitrogens with two attached hydrogens (primary N) is 1. The Bertz CT molecular complexity index is 463. The zero-order valence-corrected chi connectivity index (χ0v) is 11.4. The number of methoxy groups -OCH3 is 1. The van der Waals surface area contributed by atoms with Crippen molar-refractivity contribution in [2.75, 3.05) is 13.7 Å². The molecule has 0 bridgehead atoms. The van der Waals surface area contributed by atoms with Crippen LogP contribution in [0.1, 0.15) is 12.0 Å². The van der Waals surface area contributed by atoms with Gasteiger partial charge >= 0.3 is 0 Å². The summed E-state index contributed by atoms with van der Waals surface area (Å²) in [5, 5.41) is 0.341. The highest BCUT2D eigenvalue weighted by Crippen LogP contribution is 2.23. The number of likely N-dealkylation sites (tertiary alicyclic amines) is 1. The Morgan fingerprint density at radius 1 is 1.58 bits per heavy atom. The number of hydrogen-bond acceptors (Lipinski definition) is 3. The number of ether oxygens (including phenoxy) is 1. The molecule has 4 nitrogen and oxygen atoms in total. The van der Waals surface area contributed by atoms with E-state index in [9.17, 15) is 9.18 Å². The molecule has 1 aliphatic rings. The molecule has 0 unspecified atom stereocenters. The molecule has 1 aromatic rings. The van der Waals surface area contributed by atoms with E-state index in [2.05, 4.69) is 0 Å². The third-order valence-corrected chi connectivity index (χ3v) is 3.55. The van der Waals surface area contributed by atoms with Crippen LogP contribution in [0.4, 0.5) is 4.39 Å². The number of amides is 1. The first-order chi connectivity index (χ1) is 8.99. The van der Waals surface area contributed by atoms with Crippen molar-refractivity contribution < 1.29 is 13.9 Å². The molecule has 1 saturated heterocycles. The summed E-state index contributed by atoms with van der Waals surface area (Å²) in [7, 11) is 1.60. The number of benzene rings is 1. The molecule has 0 radical (unpaired) electrons. The Hall–Kier alpha value is -1.17. The van der Waals surface area contributed by atoms with Gasteiger partial charge in [-0.2, -0.15) is 0 Å². The maximum Gasteiger partial charge on any atom is 0.234 e. The molecule has 0 aromatic heterocycles. The van der Waals surface area contributed by atoms with Crippen molar-refractivity contribution in [1.29, 1.82) is 0 Å². The standard InChI is InChI=1S/C13H16ClFN2O2/c1-19-11-5-12(13(16)18)17(7-11)6-8-2-9(14)4-10(15)3-8/h2-4,11-12H,5-7H2,1H3,(H2,16,18)/t11-,12-/m0/s1. The van der Waals surface area contributed by atoms with E-state index in [1.807, 2.05) is 4.90 Å². The van der Waals surface area contributed by atoms with Gasteiger partial charge in [0.05, 0.1) is 12.1 Å². The molecule has 1 fully saturated rings. The van der Waals surface area contributed by atoms with Gasteiger partial charge in [-0.15, -0.1) is 0 Å². The molecule has 2 atom stereocenters. The van der Waals surface area contributed by atoms with Gasteiger partial charge in [-0.25, -0.2) is 4.39 Å². The predicted molar refractivity (Wildman–Crippen MR) is 70.2 cm³/mol. The lowest BCUT2D eigenvalue weighted by atomic mass is 10.1. The molecule has 0 aliphatic carbocycles. The SMILES string of the molecule is CO[C@H]1C[C@@H](C(N)=O)N(Cc2cc(F)cc(Cl)c2)C1. The fourth-order valence-corrected chi connectivity index (χ4v) is 2.68. The summed E-state index contributed by atoms with van der Waals surface area (Å²) in [6.45, 7) is 1.02. The molecule has 2 rings (SSSR count). The smallest absolute Gasteiger partial charge is 0.234 e. The molecule has 0 spiro atoms. The molecule has 1 heterocycles. The van der Waals surface area contributed by atoms with Crippen LogP contribution in [0.15, 0.2) is 18.2 Å². The second-order valence-electron chi connectivity index (χ2n) is 4.72. The Balaban J connectivity index is 2.14. The number of carbonyl (C=O) groups excluding carboxylic acids is 1. The summed E-state index contributed by atoms with van der Waals surface area (Å²) in [5.41, 5.74) is 6.10. The number of halogens is 2. The van der Waals surface area contributed by atoms with Crippen molar-refractivity contribution in [3.63, 3.8) is 0 Å². The van der Waals surface area contributed by atoms with Gasteiger partial charge in [-0.05, 0) is 30.2 Å². The Morgan fingerprint density at radius 2 is 2.32 bits per heavy atom. The monoisotopic (exact) mass is 286 g/mol. The molecule has 2 N–H and O–H groups in total. The molecule has 6 heteroatoms. The minimum atomic E-state index is -0.388. The zero-order chi connectivity index (χ0) is 14.0. The van der Waals surface area contributed by atoms with Gasteiger partial charge in [0.15, 0.2) is 0 Å². The van der Waals surface area contributed by atoms with Gasteiger partial charge in [-0.1, -0.05) is 11.6 Å². The highest BCUT2D eigenvalue weighted by molar-refractivity contribution is 6.30. The number of primary amides is 1. The molecule has 104 valence electrons. The summed E-state index contributed by atoms with van der Waals surface area (Å²) >= 11 is 5.82. The van der Waals surface area contributed by atoms with E-state index in [-0.39, 0.29) is 23.9 Å². The quantitative estimate of drug-likeness (QED) is 0.914. The largest absolute Gasteiger partial charge is 0.380 e. The predicted octanol–water partition coefficient (Wildman–Crippen LogP) is 1.55. The van der Waals surface area contributed by atoms with E-state index in [4.69, 9.17) is 22.1 Å². The second kappa shape index (κ2) is 5.86. The van der Waals surface area contributed by atoms with E-state index >= 15 is 0 Å². The Labute approximate surface area is 116 Å². The van der Waals surface area contributed by atoms with Crippen LogP contribution < -0.4 is 5.73 Å². The first kappa shape index (κ1) is 14.2. The van der Waals surface area contributed by atoms with Crippen LogP contribution >= 0.6 is 11.6 Å². The van der Waals surface area contributed by atoms with Crippen LogP contribution in [0.25, 0.3) is 0 Å². The van der Waals surface area contributed by atoms with Gasteiger partial charge in [0, 0.05) is 25.2 Å². The minimum absolute atomic E-state index is 0.0264. The lowest BCUT2D eigenvalue weighted by Crippen LogP contribution is -2.39. The average Bonchev–Trinajstić information content (AvgIpc) is 2.71. The topological polar surface area (TPSA) is 55.6 Å². The highest BCUT2D eigenvalue weighted by Gasteiger charge is 2.35. The highest BCUT2D eigenvalue weighted by atomic mass is 35.5. The summed E-state index contributed by atoms with van der Waals surface area (Å²) in [5.74, 6) is -0.775. The van der Waals surface area contributed by atoms with Crippen LogP contribution in [-0.2, 0) is 16.1 Å². The molecular formula is C13H16ClFN2O2. The maximum absolute atomic E-state index is 13.3. The third-order valence-electron chi connectivity index (χ3n) is 3.33. The second-order valence-corrected chi connectivity index (χ2v) is 5.16. The third kappa shape index (κ3) is 3.43. The van der Waals surface area contributed by atoms with Crippen LogP contribution in [0, 0.1) is 5.82 Å². The first-order valence-corrected chi connectivity index (χ1v) is 6.38. The first-order valence-electron chi connectivity index (χ1n) is 6.00. The lowest BCUT2D eigenvalue weighted by Gasteiger charge is -2.21. The molecule has 1 aliphatic heterocycles. The van der Waals surface area contributed by atoms with Crippen LogP contribution in [0.3, 0.4) is 0 Å². The Morgan fingerprint density at radius 3 is 2.89 bits per heavy atom. The molecule has 19 heavy (non-hydrogen) atoms. The number of hydrogen-bond donors (Lipinski definition) is 1.